The smallest absolute Gasteiger partial charge is 0.335 e. The summed E-state index contributed by atoms with van der Waals surface area (Å²) >= 11 is 0. The van der Waals surface area contributed by atoms with Crippen molar-refractivity contribution in [1.82, 2.24) is 0 Å². The molecule has 2 aromatic carbocycles. The first-order valence-electron chi connectivity index (χ1n) is 17.1. The highest BCUT2D eigenvalue weighted by molar-refractivity contribution is 5.87. The number of hydrogen-bond acceptors (Lipinski definition) is 4. The molecule has 236 valence electrons. The lowest BCUT2D eigenvalue weighted by molar-refractivity contribution is -0.142. The van der Waals surface area contributed by atoms with Crippen molar-refractivity contribution in [2.75, 3.05) is 26.9 Å². The fourth-order valence-corrected chi connectivity index (χ4v) is 7.45. The van der Waals surface area contributed by atoms with E-state index in [0.717, 1.165) is 31.1 Å². The van der Waals surface area contributed by atoms with Gasteiger partial charge in [0, 0.05) is 13.0 Å². The molecule has 0 heterocycles. The van der Waals surface area contributed by atoms with E-state index in [1.54, 1.807) is 12.7 Å². The van der Waals surface area contributed by atoms with Crippen LogP contribution < -0.4 is 0 Å². The molecule has 4 rings (SSSR count). The van der Waals surface area contributed by atoms with Crippen LogP contribution in [0, 0.1) is 17.8 Å². The van der Waals surface area contributed by atoms with Gasteiger partial charge in [-0.25, -0.2) is 4.79 Å². The summed E-state index contributed by atoms with van der Waals surface area (Å²) in [6, 6.07) is 19.1. The minimum Gasteiger partial charge on any atom is -0.462 e. The first-order chi connectivity index (χ1) is 21.0. The highest BCUT2D eigenvalue weighted by Gasteiger charge is 2.29. The average molecular weight is 589 g/mol. The molecule has 2 aliphatic rings. The Balaban J connectivity index is 1.16. The largest absolute Gasteiger partial charge is 0.462 e. The molecule has 2 aromatic rings. The number of hydrogen-bond donors (Lipinski definition) is 1. The molecule has 0 amide bonds. The molecule has 2 aliphatic carbocycles. The molecule has 4 nitrogen and oxygen atoms in total. The molecule has 0 bridgehead atoms. The third-order valence-corrected chi connectivity index (χ3v) is 10.4. The van der Waals surface area contributed by atoms with E-state index < -0.39 is 5.97 Å². The maximum absolute atomic E-state index is 11.9. The van der Waals surface area contributed by atoms with Crippen LogP contribution >= 0.6 is 0 Å². The van der Waals surface area contributed by atoms with Crippen LogP contribution in [0.15, 0.2) is 60.7 Å². The van der Waals surface area contributed by atoms with Gasteiger partial charge in [0.05, 0.1) is 25.4 Å². The molecular formula is C39H56O4. The second kappa shape index (κ2) is 17.8. The van der Waals surface area contributed by atoms with Crippen molar-refractivity contribution < 1.29 is 19.4 Å². The summed E-state index contributed by atoms with van der Waals surface area (Å²) in [5.74, 6) is 2.39. The molecule has 2 saturated carbocycles. The summed E-state index contributed by atoms with van der Waals surface area (Å²) in [6.07, 6.45) is 17.5. The summed E-state index contributed by atoms with van der Waals surface area (Å²) in [4.78, 5) is 11.9. The van der Waals surface area contributed by atoms with Crippen LogP contribution in [0.2, 0.25) is 0 Å². The van der Waals surface area contributed by atoms with Crippen molar-refractivity contribution in [2.24, 2.45) is 17.8 Å². The Labute approximate surface area is 261 Å². The normalized spacial score (nSPS) is 23.0. The Hall–Kier alpha value is -2.43. The van der Waals surface area contributed by atoms with Crippen molar-refractivity contribution in [3.63, 3.8) is 0 Å². The molecule has 43 heavy (non-hydrogen) atoms. The van der Waals surface area contributed by atoms with E-state index in [0.29, 0.717) is 25.0 Å². The van der Waals surface area contributed by atoms with Gasteiger partial charge in [0.1, 0.15) is 0 Å². The molecule has 1 N–H and O–H groups in total. The van der Waals surface area contributed by atoms with Gasteiger partial charge in [-0.05, 0) is 110 Å². The molecule has 4 heteroatoms. The predicted molar refractivity (Wildman–Crippen MR) is 176 cm³/mol. The minimum atomic E-state index is -0.505. The van der Waals surface area contributed by atoms with Crippen LogP contribution in [0.1, 0.15) is 118 Å². The Morgan fingerprint density at radius 3 is 1.88 bits per heavy atom. The van der Waals surface area contributed by atoms with Crippen LogP contribution in [0.25, 0.3) is 0 Å². The van der Waals surface area contributed by atoms with Gasteiger partial charge in [-0.3, -0.25) is 0 Å². The quantitative estimate of drug-likeness (QED) is 0.121. The minimum absolute atomic E-state index is 0.106. The molecule has 2 fully saturated rings. The van der Waals surface area contributed by atoms with E-state index in [1.165, 1.54) is 87.3 Å². The Morgan fingerprint density at radius 2 is 1.37 bits per heavy atom. The lowest BCUT2D eigenvalue weighted by Crippen LogP contribution is -2.30. The van der Waals surface area contributed by atoms with Gasteiger partial charge in [-0.2, -0.15) is 0 Å². The van der Waals surface area contributed by atoms with Crippen molar-refractivity contribution in [3.05, 3.63) is 82.9 Å². The van der Waals surface area contributed by atoms with Crippen molar-refractivity contribution >= 4 is 5.97 Å². The zero-order valence-corrected chi connectivity index (χ0v) is 26.9. The lowest BCUT2D eigenvalue weighted by atomic mass is 9.74. The van der Waals surface area contributed by atoms with E-state index in [-0.39, 0.29) is 18.1 Å². The number of ether oxygens (including phenoxy) is 2. The molecule has 0 spiro atoms. The van der Waals surface area contributed by atoms with Crippen LogP contribution in [0.3, 0.4) is 0 Å². The Morgan fingerprint density at radius 1 is 0.814 bits per heavy atom. The van der Waals surface area contributed by atoms with Crippen LogP contribution in [-0.4, -0.2) is 38.0 Å². The second-order valence-electron chi connectivity index (χ2n) is 13.4. The molecular weight excluding hydrogens is 532 g/mol. The molecule has 0 saturated heterocycles. The van der Waals surface area contributed by atoms with E-state index in [1.807, 2.05) is 0 Å². The molecule has 0 radical (unpaired) electrons. The van der Waals surface area contributed by atoms with E-state index in [9.17, 15) is 4.79 Å². The molecule has 0 aliphatic heterocycles. The third kappa shape index (κ3) is 10.3. The summed E-state index contributed by atoms with van der Waals surface area (Å²) in [5.41, 5.74) is 6.14. The highest BCUT2D eigenvalue weighted by atomic mass is 16.5. The number of methoxy groups -OCH3 is 1. The molecule has 1 unspecified atom stereocenters. The topological polar surface area (TPSA) is 55.8 Å². The van der Waals surface area contributed by atoms with Gasteiger partial charge in [-0.1, -0.05) is 87.7 Å². The van der Waals surface area contributed by atoms with Gasteiger partial charge in [0.25, 0.3) is 0 Å². The second-order valence-corrected chi connectivity index (χ2v) is 13.4. The Kier molecular flexibility index (Phi) is 13.8. The van der Waals surface area contributed by atoms with Gasteiger partial charge in [0.2, 0.25) is 0 Å². The molecule has 1 atom stereocenters. The maximum Gasteiger partial charge on any atom is 0.335 e. The van der Waals surface area contributed by atoms with Gasteiger partial charge < -0.3 is 14.6 Å². The summed E-state index contributed by atoms with van der Waals surface area (Å²) < 4.78 is 10.9. The number of unbranched alkanes of at least 4 members (excludes halogenated alkanes) is 2. The monoisotopic (exact) mass is 588 g/mol. The number of carbonyl (C=O) groups excluding carboxylic acids is 1. The van der Waals surface area contributed by atoms with Crippen molar-refractivity contribution in [2.45, 2.75) is 109 Å². The Bertz CT molecular complexity index is 1090. The average Bonchev–Trinajstić information content (AvgIpc) is 3.06. The van der Waals surface area contributed by atoms with Crippen molar-refractivity contribution in [3.8, 4) is 0 Å². The van der Waals surface area contributed by atoms with Crippen LogP contribution in [0.4, 0.5) is 0 Å². The fourth-order valence-electron chi connectivity index (χ4n) is 7.45. The van der Waals surface area contributed by atoms with E-state index in [2.05, 4.69) is 62.0 Å². The number of carbonyl (C=O) groups is 1. The number of aliphatic hydroxyl groups is 1. The standard InChI is InChI=1S/C39H56O4/c1-4-5-6-7-30-10-16-33(17-11-30)35-22-24-36(25-23-35)34-18-12-31(13-19-34)8-9-32-14-20-37(21-15-32)38(27-42-3)28-43-39(41)29(2)26-40/h10-13,16-19,32,35-38,40H,2,4-9,14-15,20-28H2,1,3H3. The summed E-state index contributed by atoms with van der Waals surface area (Å²) in [7, 11) is 1.71. The lowest BCUT2D eigenvalue weighted by Gasteiger charge is -2.33. The maximum atomic E-state index is 11.9. The SMILES string of the molecule is C=C(CO)C(=O)OCC(COC)C1CCC(CCc2ccc(C3CCC(c4ccc(CCCCC)cc4)CC3)cc2)CC1. The molecule has 0 aromatic heterocycles. The van der Waals surface area contributed by atoms with Crippen LogP contribution in [-0.2, 0) is 27.1 Å². The number of aliphatic hydroxyl groups excluding tert-OH is 1. The van der Waals surface area contributed by atoms with Gasteiger partial charge in [0.15, 0.2) is 0 Å². The third-order valence-electron chi connectivity index (χ3n) is 10.4. The first kappa shape index (κ1) is 33.5. The number of aryl methyl sites for hydroxylation is 2. The van der Waals surface area contributed by atoms with Gasteiger partial charge >= 0.3 is 5.97 Å². The number of benzene rings is 2. The predicted octanol–water partition coefficient (Wildman–Crippen LogP) is 8.95. The zero-order valence-electron chi connectivity index (χ0n) is 26.9. The summed E-state index contributed by atoms with van der Waals surface area (Å²) in [5, 5.41) is 9.11. The van der Waals surface area contributed by atoms with E-state index >= 15 is 0 Å². The first-order valence-corrected chi connectivity index (χ1v) is 17.1. The van der Waals surface area contributed by atoms with Crippen LogP contribution in [0.5, 0.6) is 0 Å². The zero-order chi connectivity index (χ0) is 30.4. The van der Waals surface area contributed by atoms with Gasteiger partial charge in [-0.15, -0.1) is 0 Å². The highest BCUT2D eigenvalue weighted by Crippen LogP contribution is 2.41. The fraction of sp³-hybridized carbons (Fsp3) is 0.615. The summed E-state index contributed by atoms with van der Waals surface area (Å²) in [6.45, 7) is 6.40. The number of esters is 1. The van der Waals surface area contributed by atoms with E-state index in [4.69, 9.17) is 14.6 Å². The number of rotatable bonds is 16. The van der Waals surface area contributed by atoms with Crippen molar-refractivity contribution in [1.29, 1.82) is 0 Å².